The first-order chi connectivity index (χ1) is 7.09. The van der Waals surface area contributed by atoms with Gasteiger partial charge in [-0.3, -0.25) is 9.48 Å². The standard InChI is InChI=1S/C10H17N3O2/c1-12(6-4-3-5-10(14)15)9-7-11-13(2)8-9/h7-8H,3-6H2,1-2H3,(H,14,15). The van der Waals surface area contributed by atoms with Crippen molar-refractivity contribution in [1.29, 1.82) is 0 Å². The molecule has 0 fully saturated rings. The Labute approximate surface area is 89.3 Å². The number of carboxylic acid groups (broad SMARTS) is 1. The van der Waals surface area contributed by atoms with Gasteiger partial charge in [0, 0.05) is 33.3 Å². The molecule has 84 valence electrons. The maximum atomic E-state index is 10.3. The number of aryl methyl sites for hydroxylation is 1. The van der Waals surface area contributed by atoms with E-state index < -0.39 is 5.97 Å². The highest BCUT2D eigenvalue weighted by atomic mass is 16.4. The Balaban J connectivity index is 2.24. The van der Waals surface area contributed by atoms with Crippen LogP contribution in [0.1, 0.15) is 19.3 Å². The van der Waals surface area contributed by atoms with Gasteiger partial charge in [-0.15, -0.1) is 0 Å². The molecule has 0 saturated carbocycles. The summed E-state index contributed by atoms with van der Waals surface area (Å²) in [4.78, 5) is 12.4. The molecular weight excluding hydrogens is 194 g/mol. The van der Waals surface area contributed by atoms with Crippen molar-refractivity contribution in [1.82, 2.24) is 9.78 Å². The van der Waals surface area contributed by atoms with E-state index in [9.17, 15) is 4.79 Å². The van der Waals surface area contributed by atoms with Crippen molar-refractivity contribution >= 4 is 11.7 Å². The first-order valence-corrected chi connectivity index (χ1v) is 5.01. The molecule has 0 radical (unpaired) electrons. The van der Waals surface area contributed by atoms with Crippen LogP contribution >= 0.6 is 0 Å². The van der Waals surface area contributed by atoms with Crippen molar-refractivity contribution in [2.24, 2.45) is 7.05 Å². The van der Waals surface area contributed by atoms with Crippen LogP contribution in [0.4, 0.5) is 5.69 Å². The van der Waals surface area contributed by atoms with Crippen molar-refractivity contribution in [2.75, 3.05) is 18.5 Å². The Kier molecular flexibility index (Phi) is 4.15. The molecule has 15 heavy (non-hydrogen) atoms. The average Bonchev–Trinajstić information content (AvgIpc) is 2.59. The highest BCUT2D eigenvalue weighted by Crippen LogP contribution is 2.10. The van der Waals surface area contributed by atoms with Gasteiger partial charge in [0.1, 0.15) is 0 Å². The van der Waals surface area contributed by atoms with Crippen LogP contribution < -0.4 is 4.90 Å². The van der Waals surface area contributed by atoms with Crippen LogP contribution in [0.5, 0.6) is 0 Å². The van der Waals surface area contributed by atoms with E-state index in [4.69, 9.17) is 5.11 Å². The number of carbonyl (C=O) groups is 1. The summed E-state index contributed by atoms with van der Waals surface area (Å²) in [6, 6.07) is 0. The molecule has 0 amide bonds. The zero-order chi connectivity index (χ0) is 11.3. The zero-order valence-electron chi connectivity index (χ0n) is 9.18. The molecule has 0 atom stereocenters. The summed E-state index contributed by atoms with van der Waals surface area (Å²) >= 11 is 0. The smallest absolute Gasteiger partial charge is 0.303 e. The monoisotopic (exact) mass is 211 g/mol. The van der Waals surface area contributed by atoms with Gasteiger partial charge in [0.15, 0.2) is 0 Å². The van der Waals surface area contributed by atoms with E-state index in [1.807, 2.05) is 20.3 Å². The summed E-state index contributed by atoms with van der Waals surface area (Å²) in [6.45, 7) is 0.860. The van der Waals surface area contributed by atoms with Gasteiger partial charge in [0.25, 0.3) is 0 Å². The minimum Gasteiger partial charge on any atom is -0.481 e. The molecule has 0 aliphatic heterocycles. The molecular formula is C10H17N3O2. The molecule has 1 rings (SSSR count). The maximum Gasteiger partial charge on any atom is 0.303 e. The van der Waals surface area contributed by atoms with Gasteiger partial charge in [0.2, 0.25) is 0 Å². The van der Waals surface area contributed by atoms with Crippen molar-refractivity contribution in [2.45, 2.75) is 19.3 Å². The van der Waals surface area contributed by atoms with Crippen molar-refractivity contribution in [3.05, 3.63) is 12.4 Å². The predicted molar refractivity (Wildman–Crippen MR) is 58.0 cm³/mol. The van der Waals surface area contributed by atoms with E-state index >= 15 is 0 Å². The number of aromatic nitrogens is 2. The SMILES string of the molecule is CN(CCCCC(=O)O)c1cnn(C)c1. The van der Waals surface area contributed by atoms with E-state index in [0.717, 1.165) is 25.1 Å². The number of carboxylic acids is 1. The van der Waals surface area contributed by atoms with Crippen molar-refractivity contribution in [3.8, 4) is 0 Å². The lowest BCUT2D eigenvalue weighted by molar-refractivity contribution is -0.137. The second-order valence-electron chi connectivity index (χ2n) is 3.64. The van der Waals surface area contributed by atoms with Gasteiger partial charge < -0.3 is 10.0 Å². The first kappa shape index (κ1) is 11.6. The molecule has 0 bridgehead atoms. The third-order valence-corrected chi connectivity index (χ3v) is 2.27. The van der Waals surface area contributed by atoms with Gasteiger partial charge in [-0.1, -0.05) is 0 Å². The molecule has 0 unspecified atom stereocenters. The third kappa shape index (κ3) is 4.01. The second kappa shape index (κ2) is 5.38. The summed E-state index contributed by atoms with van der Waals surface area (Å²) < 4.78 is 1.75. The Bertz CT molecular complexity index is 322. The van der Waals surface area contributed by atoms with Crippen LogP contribution in [0.3, 0.4) is 0 Å². The number of hydrogen-bond donors (Lipinski definition) is 1. The summed E-state index contributed by atoms with van der Waals surface area (Å²) in [5.41, 5.74) is 1.06. The third-order valence-electron chi connectivity index (χ3n) is 2.27. The van der Waals surface area contributed by atoms with Crippen LogP contribution in [0.15, 0.2) is 12.4 Å². The minimum absolute atomic E-state index is 0.251. The number of aliphatic carboxylic acids is 1. The van der Waals surface area contributed by atoms with E-state index in [1.165, 1.54) is 0 Å². The highest BCUT2D eigenvalue weighted by molar-refractivity contribution is 5.66. The first-order valence-electron chi connectivity index (χ1n) is 5.01. The number of nitrogens with zero attached hydrogens (tertiary/aromatic N) is 3. The van der Waals surface area contributed by atoms with Crippen LogP contribution in [0, 0.1) is 0 Å². The number of unbranched alkanes of at least 4 members (excludes halogenated alkanes) is 1. The summed E-state index contributed by atoms with van der Waals surface area (Å²) in [7, 11) is 3.86. The van der Waals surface area contributed by atoms with Gasteiger partial charge in [0.05, 0.1) is 11.9 Å². The minimum atomic E-state index is -0.723. The zero-order valence-corrected chi connectivity index (χ0v) is 9.18. The van der Waals surface area contributed by atoms with Crippen LogP contribution in [0.25, 0.3) is 0 Å². The molecule has 5 heteroatoms. The highest BCUT2D eigenvalue weighted by Gasteiger charge is 2.03. The molecule has 5 nitrogen and oxygen atoms in total. The summed E-state index contributed by atoms with van der Waals surface area (Å²) in [6.07, 6.45) is 5.60. The maximum absolute atomic E-state index is 10.3. The lowest BCUT2D eigenvalue weighted by Crippen LogP contribution is -2.18. The molecule has 0 aliphatic carbocycles. The van der Waals surface area contributed by atoms with Crippen molar-refractivity contribution in [3.63, 3.8) is 0 Å². The lowest BCUT2D eigenvalue weighted by Gasteiger charge is -2.16. The fourth-order valence-electron chi connectivity index (χ4n) is 1.36. The van der Waals surface area contributed by atoms with Crippen LogP contribution in [-0.4, -0.2) is 34.4 Å². The molecule has 0 aliphatic rings. The molecule has 1 aromatic rings. The lowest BCUT2D eigenvalue weighted by atomic mass is 10.2. The van der Waals surface area contributed by atoms with Gasteiger partial charge in [-0.2, -0.15) is 5.10 Å². The topological polar surface area (TPSA) is 58.4 Å². The molecule has 0 saturated heterocycles. The van der Waals surface area contributed by atoms with Gasteiger partial charge in [-0.25, -0.2) is 0 Å². The number of hydrogen-bond acceptors (Lipinski definition) is 3. The van der Waals surface area contributed by atoms with E-state index in [2.05, 4.69) is 10.00 Å². The van der Waals surface area contributed by atoms with E-state index in [0.29, 0.717) is 0 Å². The average molecular weight is 211 g/mol. The Hall–Kier alpha value is -1.52. The van der Waals surface area contributed by atoms with Crippen LogP contribution in [0.2, 0.25) is 0 Å². The Morgan fingerprint density at radius 2 is 2.33 bits per heavy atom. The van der Waals surface area contributed by atoms with Gasteiger partial charge >= 0.3 is 5.97 Å². The Morgan fingerprint density at radius 3 is 2.87 bits per heavy atom. The summed E-state index contributed by atoms with van der Waals surface area (Å²) in [5.74, 6) is -0.723. The van der Waals surface area contributed by atoms with Crippen LogP contribution in [-0.2, 0) is 11.8 Å². The fraction of sp³-hybridized carbons (Fsp3) is 0.600. The molecule has 1 aromatic heterocycles. The van der Waals surface area contributed by atoms with E-state index in [1.54, 1.807) is 10.9 Å². The normalized spacial score (nSPS) is 10.3. The molecule has 0 aromatic carbocycles. The molecule has 1 N–H and O–H groups in total. The molecule has 1 heterocycles. The quantitative estimate of drug-likeness (QED) is 0.716. The van der Waals surface area contributed by atoms with E-state index in [-0.39, 0.29) is 6.42 Å². The number of anilines is 1. The second-order valence-corrected chi connectivity index (χ2v) is 3.64. The predicted octanol–water partition coefficient (Wildman–Crippen LogP) is 1.11. The largest absolute Gasteiger partial charge is 0.481 e. The Morgan fingerprint density at radius 1 is 1.60 bits per heavy atom. The van der Waals surface area contributed by atoms with Crippen molar-refractivity contribution < 1.29 is 9.90 Å². The molecule has 0 spiro atoms. The van der Waals surface area contributed by atoms with Gasteiger partial charge in [-0.05, 0) is 12.8 Å². The summed E-state index contributed by atoms with van der Waals surface area (Å²) in [5, 5.41) is 12.5. The fourth-order valence-corrected chi connectivity index (χ4v) is 1.36. The number of rotatable bonds is 6.